The third kappa shape index (κ3) is 4.12. The molecule has 0 unspecified atom stereocenters. The Hall–Kier alpha value is -1.47. The lowest BCUT2D eigenvalue weighted by Gasteiger charge is -2.12. The van der Waals surface area contributed by atoms with Gasteiger partial charge in [0.25, 0.3) is 10.2 Å². The second-order valence-corrected chi connectivity index (χ2v) is 4.96. The summed E-state index contributed by atoms with van der Waals surface area (Å²) in [7, 11) is -2.11. The highest BCUT2D eigenvalue weighted by atomic mass is 32.2. The average Bonchev–Trinajstić information content (AvgIpc) is 2.28. The van der Waals surface area contributed by atoms with Crippen LogP contribution in [0, 0.1) is 0 Å². The summed E-state index contributed by atoms with van der Waals surface area (Å²) < 4.78 is 33.0. The van der Waals surface area contributed by atoms with Crippen LogP contribution in [0.25, 0.3) is 0 Å². The van der Waals surface area contributed by atoms with Gasteiger partial charge in [-0.25, -0.2) is 0 Å². The van der Waals surface area contributed by atoms with Crippen molar-refractivity contribution < 1.29 is 13.2 Å². The van der Waals surface area contributed by atoms with Crippen LogP contribution in [0.4, 0.5) is 11.4 Å². The van der Waals surface area contributed by atoms with Gasteiger partial charge in [-0.2, -0.15) is 13.1 Å². The van der Waals surface area contributed by atoms with Gasteiger partial charge in [-0.15, -0.1) is 0 Å². The largest absolute Gasteiger partial charge is 0.494 e. The number of nitrogens with one attached hydrogen (secondary N) is 2. The minimum absolute atomic E-state index is 0.352. The van der Waals surface area contributed by atoms with E-state index < -0.39 is 10.2 Å². The molecule has 0 fully saturated rings. The molecule has 6 nitrogen and oxygen atoms in total. The summed E-state index contributed by atoms with van der Waals surface area (Å²) >= 11 is 0. The summed E-state index contributed by atoms with van der Waals surface area (Å²) in [5, 5.41) is 0. The second kappa shape index (κ2) is 5.74. The van der Waals surface area contributed by atoms with Gasteiger partial charge in [-0.1, -0.05) is 6.92 Å². The standard InChI is InChI=1S/C10H17N3O3S/c1-3-6-12-17(14,15)13-9-5-4-8(11)7-10(9)16-2/h4-5,7,12-13H,3,6,11H2,1-2H3. The van der Waals surface area contributed by atoms with E-state index in [0.29, 0.717) is 23.7 Å². The number of benzene rings is 1. The molecule has 0 aliphatic rings. The normalized spacial score (nSPS) is 11.2. The molecule has 1 aromatic carbocycles. The summed E-state index contributed by atoms with van der Waals surface area (Å²) in [6.07, 6.45) is 0.722. The Morgan fingerprint density at radius 2 is 2.12 bits per heavy atom. The SMILES string of the molecule is CCCNS(=O)(=O)Nc1ccc(N)cc1OC. The molecule has 1 aromatic rings. The number of nitrogens with two attached hydrogens (primary N) is 1. The number of anilines is 2. The monoisotopic (exact) mass is 259 g/mol. The maximum absolute atomic E-state index is 11.6. The van der Waals surface area contributed by atoms with Crippen molar-refractivity contribution >= 4 is 21.6 Å². The molecule has 0 saturated carbocycles. The lowest BCUT2D eigenvalue weighted by Crippen LogP contribution is -2.30. The first-order valence-electron chi connectivity index (χ1n) is 5.19. The third-order valence-corrected chi connectivity index (χ3v) is 3.08. The van der Waals surface area contributed by atoms with Crippen LogP contribution < -0.4 is 19.9 Å². The topological polar surface area (TPSA) is 93.5 Å². The van der Waals surface area contributed by atoms with Crippen molar-refractivity contribution in [3.05, 3.63) is 18.2 Å². The van der Waals surface area contributed by atoms with E-state index in [2.05, 4.69) is 9.44 Å². The molecule has 0 heterocycles. The number of ether oxygens (including phenoxy) is 1. The van der Waals surface area contributed by atoms with Crippen LogP contribution in [0.1, 0.15) is 13.3 Å². The molecule has 0 radical (unpaired) electrons. The zero-order valence-electron chi connectivity index (χ0n) is 9.86. The minimum atomic E-state index is -3.56. The molecule has 0 amide bonds. The molecule has 0 spiro atoms. The predicted molar refractivity (Wildman–Crippen MR) is 68.2 cm³/mol. The smallest absolute Gasteiger partial charge is 0.299 e. The summed E-state index contributed by atoms with van der Waals surface area (Å²) in [6.45, 7) is 2.26. The van der Waals surface area contributed by atoms with Gasteiger partial charge in [0.1, 0.15) is 5.75 Å². The van der Waals surface area contributed by atoms with Crippen LogP contribution in [0.2, 0.25) is 0 Å². The van der Waals surface area contributed by atoms with Gasteiger partial charge in [0, 0.05) is 18.3 Å². The van der Waals surface area contributed by atoms with Gasteiger partial charge >= 0.3 is 0 Å². The molecule has 0 aliphatic carbocycles. The molecule has 7 heteroatoms. The Labute approximate surface area is 101 Å². The second-order valence-electron chi connectivity index (χ2n) is 3.46. The number of rotatable bonds is 6. The van der Waals surface area contributed by atoms with Crippen LogP contribution in [-0.2, 0) is 10.2 Å². The highest BCUT2D eigenvalue weighted by Crippen LogP contribution is 2.27. The molecule has 0 atom stereocenters. The van der Waals surface area contributed by atoms with E-state index in [9.17, 15) is 8.42 Å². The molecule has 96 valence electrons. The minimum Gasteiger partial charge on any atom is -0.494 e. The van der Waals surface area contributed by atoms with E-state index in [1.165, 1.54) is 7.11 Å². The molecule has 17 heavy (non-hydrogen) atoms. The van der Waals surface area contributed by atoms with E-state index in [0.717, 1.165) is 6.42 Å². The van der Waals surface area contributed by atoms with Crippen LogP contribution >= 0.6 is 0 Å². The Morgan fingerprint density at radius 1 is 1.41 bits per heavy atom. The molecular formula is C10H17N3O3S. The third-order valence-electron chi connectivity index (χ3n) is 2.01. The van der Waals surface area contributed by atoms with Crippen molar-refractivity contribution in [1.29, 1.82) is 0 Å². The van der Waals surface area contributed by atoms with Gasteiger partial charge in [0.05, 0.1) is 12.8 Å². The van der Waals surface area contributed by atoms with E-state index in [-0.39, 0.29) is 0 Å². The van der Waals surface area contributed by atoms with E-state index >= 15 is 0 Å². The van der Waals surface area contributed by atoms with Gasteiger partial charge in [-0.05, 0) is 18.6 Å². The maximum Gasteiger partial charge on any atom is 0.299 e. The fraction of sp³-hybridized carbons (Fsp3) is 0.400. The molecule has 0 aliphatic heterocycles. The number of methoxy groups -OCH3 is 1. The predicted octanol–water partition coefficient (Wildman–Crippen LogP) is 0.934. The number of hydrogen-bond donors (Lipinski definition) is 3. The lowest BCUT2D eigenvalue weighted by atomic mass is 10.2. The molecular weight excluding hydrogens is 242 g/mol. The Balaban J connectivity index is 2.87. The highest BCUT2D eigenvalue weighted by molar-refractivity contribution is 7.90. The Morgan fingerprint density at radius 3 is 2.71 bits per heavy atom. The zero-order valence-corrected chi connectivity index (χ0v) is 10.7. The van der Waals surface area contributed by atoms with Crippen molar-refractivity contribution in [2.45, 2.75) is 13.3 Å². The van der Waals surface area contributed by atoms with Crippen molar-refractivity contribution in [3.63, 3.8) is 0 Å². The van der Waals surface area contributed by atoms with Crippen LogP contribution in [0.15, 0.2) is 18.2 Å². The molecule has 0 saturated heterocycles. The van der Waals surface area contributed by atoms with Crippen LogP contribution in [0.5, 0.6) is 5.75 Å². The van der Waals surface area contributed by atoms with Gasteiger partial charge in [0.2, 0.25) is 0 Å². The van der Waals surface area contributed by atoms with Crippen molar-refractivity contribution in [1.82, 2.24) is 4.72 Å². The fourth-order valence-corrected chi connectivity index (χ4v) is 2.21. The molecule has 1 rings (SSSR count). The summed E-state index contributed by atoms with van der Waals surface area (Å²) in [5.74, 6) is 0.381. The molecule has 0 bridgehead atoms. The van der Waals surface area contributed by atoms with E-state index in [1.54, 1.807) is 18.2 Å². The molecule has 0 aromatic heterocycles. The number of nitrogen functional groups attached to an aromatic ring is 1. The highest BCUT2D eigenvalue weighted by Gasteiger charge is 2.12. The zero-order chi connectivity index (χ0) is 12.9. The quantitative estimate of drug-likeness (QED) is 0.663. The average molecular weight is 259 g/mol. The lowest BCUT2D eigenvalue weighted by molar-refractivity contribution is 0.417. The van der Waals surface area contributed by atoms with Gasteiger partial charge in [-0.3, -0.25) is 4.72 Å². The summed E-state index contributed by atoms with van der Waals surface area (Å²) in [6, 6.07) is 4.71. The first kappa shape index (κ1) is 13.6. The van der Waals surface area contributed by atoms with Gasteiger partial charge < -0.3 is 10.5 Å². The first-order valence-corrected chi connectivity index (χ1v) is 6.67. The van der Waals surface area contributed by atoms with Gasteiger partial charge in [0.15, 0.2) is 0 Å². The van der Waals surface area contributed by atoms with Crippen molar-refractivity contribution in [2.24, 2.45) is 0 Å². The maximum atomic E-state index is 11.6. The fourth-order valence-electron chi connectivity index (χ4n) is 1.21. The summed E-state index contributed by atoms with van der Waals surface area (Å²) in [5.41, 5.74) is 6.43. The van der Waals surface area contributed by atoms with E-state index in [4.69, 9.17) is 10.5 Å². The van der Waals surface area contributed by atoms with E-state index in [1.807, 2.05) is 6.92 Å². The summed E-state index contributed by atoms with van der Waals surface area (Å²) in [4.78, 5) is 0. The van der Waals surface area contributed by atoms with Crippen LogP contribution in [-0.4, -0.2) is 22.1 Å². The Bertz CT molecular complexity index is 474. The van der Waals surface area contributed by atoms with Crippen LogP contribution in [0.3, 0.4) is 0 Å². The Kier molecular flexibility index (Phi) is 4.59. The van der Waals surface area contributed by atoms with Crippen molar-refractivity contribution in [2.75, 3.05) is 24.1 Å². The number of hydrogen-bond acceptors (Lipinski definition) is 4. The molecule has 4 N–H and O–H groups in total. The first-order chi connectivity index (χ1) is 7.98. The van der Waals surface area contributed by atoms with Crippen molar-refractivity contribution in [3.8, 4) is 5.75 Å².